The largest absolute Gasteiger partial charge is 0.303 e. The quantitative estimate of drug-likeness (QED) is 0.707. The Kier molecular flexibility index (Phi) is 3.41. The maximum atomic E-state index is 11.6. The molecule has 1 atom stereocenters. The maximum Gasteiger partial charge on any atom is 0.179 e. The molecule has 3 nitrogen and oxygen atoms in total. The first-order valence-corrected chi connectivity index (χ1v) is 5.94. The van der Waals surface area contributed by atoms with E-state index in [2.05, 4.69) is 0 Å². The third kappa shape index (κ3) is 2.67. The summed E-state index contributed by atoms with van der Waals surface area (Å²) in [6, 6.07) is 8.15. The number of carbonyl (C=O) groups is 1. The standard InChI is InChI=1S/C10H12O3S/c1-9(7-11)8-14(12,13)10-5-3-2-4-6-10/h2-7,9H,8H2,1H3/t9-/m1/s1. The monoisotopic (exact) mass is 212 g/mol. The van der Waals surface area contributed by atoms with Crippen molar-refractivity contribution < 1.29 is 13.2 Å². The molecule has 0 aliphatic heterocycles. The predicted molar refractivity (Wildman–Crippen MR) is 53.7 cm³/mol. The van der Waals surface area contributed by atoms with Crippen molar-refractivity contribution >= 4 is 16.1 Å². The Morgan fingerprint density at radius 1 is 1.29 bits per heavy atom. The van der Waals surface area contributed by atoms with Gasteiger partial charge in [0.15, 0.2) is 9.84 Å². The number of aldehydes is 1. The molecule has 76 valence electrons. The van der Waals surface area contributed by atoms with Crippen molar-refractivity contribution in [2.45, 2.75) is 11.8 Å². The lowest BCUT2D eigenvalue weighted by Gasteiger charge is -2.05. The van der Waals surface area contributed by atoms with E-state index in [1.807, 2.05) is 0 Å². The van der Waals surface area contributed by atoms with Crippen molar-refractivity contribution in [1.29, 1.82) is 0 Å². The van der Waals surface area contributed by atoms with Crippen LogP contribution in [0.1, 0.15) is 6.92 Å². The minimum absolute atomic E-state index is 0.124. The molecule has 0 bridgehead atoms. The van der Waals surface area contributed by atoms with Gasteiger partial charge >= 0.3 is 0 Å². The molecular weight excluding hydrogens is 200 g/mol. The summed E-state index contributed by atoms with van der Waals surface area (Å²) in [6.07, 6.45) is 0.653. The molecule has 0 heterocycles. The van der Waals surface area contributed by atoms with Crippen molar-refractivity contribution in [3.8, 4) is 0 Å². The zero-order valence-electron chi connectivity index (χ0n) is 7.88. The number of rotatable bonds is 4. The van der Waals surface area contributed by atoms with Gasteiger partial charge in [0.2, 0.25) is 0 Å². The summed E-state index contributed by atoms with van der Waals surface area (Å²) in [6.45, 7) is 1.59. The first kappa shape index (κ1) is 10.9. The second kappa shape index (κ2) is 4.37. The van der Waals surface area contributed by atoms with Crippen molar-refractivity contribution in [3.63, 3.8) is 0 Å². The molecule has 0 saturated carbocycles. The van der Waals surface area contributed by atoms with Crippen molar-refractivity contribution in [1.82, 2.24) is 0 Å². The Morgan fingerprint density at radius 3 is 2.36 bits per heavy atom. The summed E-state index contributed by atoms with van der Waals surface area (Å²) in [7, 11) is -3.30. The lowest BCUT2D eigenvalue weighted by molar-refractivity contribution is -0.110. The van der Waals surface area contributed by atoms with E-state index in [1.165, 1.54) is 12.1 Å². The normalized spacial score (nSPS) is 13.5. The zero-order chi connectivity index (χ0) is 10.6. The minimum atomic E-state index is -3.30. The number of benzene rings is 1. The summed E-state index contributed by atoms with van der Waals surface area (Å²) in [5.41, 5.74) is 0. The Balaban J connectivity index is 2.92. The zero-order valence-corrected chi connectivity index (χ0v) is 8.70. The van der Waals surface area contributed by atoms with Gasteiger partial charge in [0.25, 0.3) is 0 Å². The average Bonchev–Trinajstić information content (AvgIpc) is 2.18. The summed E-state index contributed by atoms with van der Waals surface area (Å²) in [5, 5.41) is 0. The molecule has 14 heavy (non-hydrogen) atoms. The van der Waals surface area contributed by atoms with Gasteiger partial charge in [-0.15, -0.1) is 0 Å². The van der Waals surface area contributed by atoms with Gasteiger partial charge in [0, 0.05) is 5.92 Å². The number of hydrogen-bond acceptors (Lipinski definition) is 3. The summed E-state index contributed by atoms with van der Waals surface area (Å²) < 4.78 is 23.3. The Morgan fingerprint density at radius 2 is 1.86 bits per heavy atom. The molecular formula is C10H12O3S. The molecule has 0 aromatic heterocycles. The summed E-state index contributed by atoms with van der Waals surface area (Å²) in [4.78, 5) is 10.6. The molecule has 0 radical (unpaired) electrons. The first-order chi connectivity index (χ1) is 6.56. The maximum absolute atomic E-state index is 11.6. The fourth-order valence-electron chi connectivity index (χ4n) is 1.11. The van der Waals surface area contributed by atoms with Gasteiger partial charge in [-0.25, -0.2) is 8.42 Å². The van der Waals surface area contributed by atoms with Crippen molar-refractivity contribution in [2.24, 2.45) is 5.92 Å². The second-order valence-electron chi connectivity index (χ2n) is 3.21. The minimum Gasteiger partial charge on any atom is -0.303 e. The van der Waals surface area contributed by atoms with Gasteiger partial charge in [-0.1, -0.05) is 25.1 Å². The molecule has 0 unspecified atom stereocenters. The number of hydrogen-bond donors (Lipinski definition) is 0. The molecule has 0 N–H and O–H groups in total. The molecule has 0 spiro atoms. The van der Waals surface area contributed by atoms with E-state index in [4.69, 9.17) is 0 Å². The van der Waals surface area contributed by atoms with Gasteiger partial charge in [0.05, 0.1) is 10.6 Å². The van der Waals surface area contributed by atoms with Gasteiger partial charge in [0.1, 0.15) is 6.29 Å². The molecule has 4 heteroatoms. The van der Waals surface area contributed by atoms with Crippen LogP contribution in [-0.4, -0.2) is 20.5 Å². The molecule has 1 aromatic carbocycles. The van der Waals surface area contributed by atoms with Crippen LogP contribution in [-0.2, 0) is 14.6 Å². The highest BCUT2D eigenvalue weighted by Crippen LogP contribution is 2.12. The van der Waals surface area contributed by atoms with Gasteiger partial charge in [-0.3, -0.25) is 0 Å². The SMILES string of the molecule is C[C@H](C=O)CS(=O)(=O)c1ccccc1. The highest BCUT2D eigenvalue weighted by molar-refractivity contribution is 7.91. The summed E-state index contributed by atoms with van der Waals surface area (Å²) in [5.74, 6) is -0.583. The van der Waals surface area contributed by atoms with Crippen LogP contribution in [0.15, 0.2) is 35.2 Å². The Bertz CT molecular complexity index is 395. The predicted octanol–water partition coefficient (Wildman–Crippen LogP) is 1.30. The van der Waals surface area contributed by atoms with Crippen LogP contribution >= 0.6 is 0 Å². The molecule has 0 saturated heterocycles. The van der Waals surface area contributed by atoms with Gasteiger partial charge < -0.3 is 4.79 Å². The van der Waals surface area contributed by atoms with E-state index in [1.54, 1.807) is 25.1 Å². The van der Waals surface area contributed by atoms with Crippen molar-refractivity contribution in [3.05, 3.63) is 30.3 Å². The summed E-state index contributed by atoms with van der Waals surface area (Å²) >= 11 is 0. The molecule has 1 rings (SSSR count). The third-order valence-corrected chi connectivity index (χ3v) is 3.77. The highest BCUT2D eigenvalue weighted by atomic mass is 32.2. The number of carbonyl (C=O) groups excluding carboxylic acids is 1. The molecule has 0 aliphatic rings. The lowest BCUT2D eigenvalue weighted by atomic mass is 10.3. The fourth-order valence-corrected chi connectivity index (χ4v) is 2.64. The second-order valence-corrected chi connectivity index (χ2v) is 5.24. The molecule has 1 aromatic rings. The van der Waals surface area contributed by atoms with E-state index in [-0.39, 0.29) is 10.6 Å². The van der Waals surface area contributed by atoms with Crippen LogP contribution in [0.25, 0.3) is 0 Å². The number of sulfone groups is 1. The first-order valence-electron chi connectivity index (χ1n) is 4.29. The highest BCUT2D eigenvalue weighted by Gasteiger charge is 2.17. The van der Waals surface area contributed by atoms with Crippen LogP contribution in [0.2, 0.25) is 0 Å². The molecule has 0 amide bonds. The van der Waals surface area contributed by atoms with E-state index in [0.29, 0.717) is 6.29 Å². The fraction of sp³-hybridized carbons (Fsp3) is 0.300. The van der Waals surface area contributed by atoms with Crippen LogP contribution in [0.5, 0.6) is 0 Å². The van der Waals surface area contributed by atoms with Crippen LogP contribution < -0.4 is 0 Å². The molecule has 0 aliphatic carbocycles. The van der Waals surface area contributed by atoms with E-state index >= 15 is 0 Å². The van der Waals surface area contributed by atoms with Crippen molar-refractivity contribution in [2.75, 3.05) is 5.75 Å². The van der Waals surface area contributed by atoms with Gasteiger partial charge in [-0.05, 0) is 12.1 Å². The van der Waals surface area contributed by atoms with Crippen LogP contribution in [0, 0.1) is 5.92 Å². The van der Waals surface area contributed by atoms with Crippen LogP contribution in [0.4, 0.5) is 0 Å². The van der Waals surface area contributed by atoms with E-state index < -0.39 is 15.8 Å². The smallest absolute Gasteiger partial charge is 0.179 e. The lowest BCUT2D eigenvalue weighted by Crippen LogP contribution is -2.14. The van der Waals surface area contributed by atoms with Gasteiger partial charge in [-0.2, -0.15) is 0 Å². The Hall–Kier alpha value is -1.16. The van der Waals surface area contributed by atoms with E-state index in [9.17, 15) is 13.2 Å². The molecule has 0 fully saturated rings. The average molecular weight is 212 g/mol. The third-order valence-electron chi connectivity index (χ3n) is 1.82. The van der Waals surface area contributed by atoms with Crippen LogP contribution in [0.3, 0.4) is 0 Å². The van der Waals surface area contributed by atoms with E-state index in [0.717, 1.165) is 0 Å². The topological polar surface area (TPSA) is 51.2 Å². The Labute approximate surface area is 83.7 Å².